The highest BCUT2D eigenvalue weighted by Crippen LogP contribution is 2.39. The minimum absolute atomic E-state index is 0.448. The Kier molecular flexibility index (Phi) is 4.45. The fourth-order valence-corrected chi connectivity index (χ4v) is 2.13. The second kappa shape index (κ2) is 6.08. The van der Waals surface area contributed by atoms with Crippen LogP contribution in [0.4, 0.5) is 5.82 Å². The summed E-state index contributed by atoms with van der Waals surface area (Å²) in [6.07, 6.45) is 1.47. The summed E-state index contributed by atoms with van der Waals surface area (Å²) in [4.78, 5) is 8.40. The number of ether oxygens (including phenoxy) is 1. The maximum absolute atomic E-state index is 6.22. The first-order chi connectivity index (χ1) is 9.19. The Labute approximate surface area is 121 Å². The maximum Gasteiger partial charge on any atom is 0.187 e. The summed E-state index contributed by atoms with van der Waals surface area (Å²) < 4.78 is 5.39. The van der Waals surface area contributed by atoms with E-state index in [1.807, 2.05) is 19.1 Å². The first-order valence-electron chi connectivity index (χ1n) is 5.76. The van der Waals surface area contributed by atoms with Crippen LogP contribution in [0.2, 0.25) is 10.0 Å². The number of methoxy groups -OCH3 is 1. The largest absolute Gasteiger partial charge is 0.491 e. The van der Waals surface area contributed by atoms with Crippen molar-refractivity contribution in [3.8, 4) is 17.0 Å². The number of anilines is 1. The zero-order chi connectivity index (χ0) is 13.8. The molecular weight excluding hydrogens is 285 g/mol. The van der Waals surface area contributed by atoms with Gasteiger partial charge in [-0.1, -0.05) is 35.3 Å². The smallest absolute Gasteiger partial charge is 0.187 e. The van der Waals surface area contributed by atoms with E-state index >= 15 is 0 Å². The molecule has 0 spiro atoms. The Morgan fingerprint density at radius 2 is 2.05 bits per heavy atom. The number of nitrogens with one attached hydrogen (secondary N) is 1. The number of hydrogen-bond donors (Lipinski definition) is 1. The van der Waals surface area contributed by atoms with Crippen molar-refractivity contribution < 1.29 is 4.74 Å². The van der Waals surface area contributed by atoms with Gasteiger partial charge in [0.2, 0.25) is 0 Å². The lowest BCUT2D eigenvalue weighted by atomic mass is 10.1. The van der Waals surface area contributed by atoms with Crippen LogP contribution in [0.5, 0.6) is 5.75 Å². The molecule has 0 radical (unpaired) electrons. The molecule has 2 rings (SSSR count). The molecule has 0 amide bonds. The van der Waals surface area contributed by atoms with Gasteiger partial charge in [0.25, 0.3) is 0 Å². The van der Waals surface area contributed by atoms with Gasteiger partial charge >= 0.3 is 0 Å². The Hall–Kier alpha value is -1.52. The third-order valence-corrected chi connectivity index (χ3v) is 3.38. The van der Waals surface area contributed by atoms with Gasteiger partial charge in [-0.3, -0.25) is 0 Å². The first-order valence-corrected chi connectivity index (χ1v) is 6.51. The van der Waals surface area contributed by atoms with Crippen molar-refractivity contribution in [2.75, 3.05) is 19.0 Å². The van der Waals surface area contributed by atoms with Gasteiger partial charge in [0.15, 0.2) is 11.6 Å². The van der Waals surface area contributed by atoms with Crippen LogP contribution in [-0.4, -0.2) is 23.6 Å². The molecule has 1 heterocycles. The molecule has 0 fully saturated rings. The normalized spacial score (nSPS) is 10.3. The summed E-state index contributed by atoms with van der Waals surface area (Å²) in [6.45, 7) is 2.71. The van der Waals surface area contributed by atoms with Crippen molar-refractivity contribution in [2.45, 2.75) is 6.92 Å². The number of nitrogens with zero attached hydrogens (tertiary/aromatic N) is 2. The van der Waals surface area contributed by atoms with E-state index in [1.54, 1.807) is 13.2 Å². The van der Waals surface area contributed by atoms with Crippen molar-refractivity contribution >= 4 is 29.0 Å². The Balaban J connectivity index is 2.61. The lowest BCUT2D eigenvalue weighted by Gasteiger charge is -2.13. The molecular formula is C13H13Cl2N3O. The number of halogens is 2. The van der Waals surface area contributed by atoms with Crippen LogP contribution in [0, 0.1) is 0 Å². The van der Waals surface area contributed by atoms with Gasteiger partial charge in [0, 0.05) is 12.1 Å². The van der Waals surface area contributed by atoms with Crippen molar-refractivity contribution in [2.24, 2.45) is 0 Å². The predicted molar refractivity (Wildman–Crippen MR) is 78.2 cm³/mol. The Morgan fingerprint density at radius 1 is 1.26 bits per heavy atom. The molecule has 1 aromatic heterocycles. The first kappa shape index (κ1) is 13.9. The van der Waals surface area contributed by atoms with E-state index in [4.69, 9.17) is 27.9 Å². The molecule has 0 unspecified atom stereocenters. The van der Waals surface area contributed by atoms with Gasteiger partial charge in [-0.2, -0.15) is 0 Å². The Bertz CT molecular complexity index is 590. The molecule has 1 aromatic carbocycles. The summed E-state index contributed by atoms with van der Waals surface area (Å²) >= 11 is 12.2. The van der Waals surface area contributed by atoms with Crippen LogP contribution in [0.3, 0.4) is 0 Å². The third kappa shape index (κ3) is 2.74. The van der Waals surface area contributed by atoms with Crippen molar-refractivity contribution in [3.63, 3.8) is 0 Å². The molecule has 0 bridgehead atoms. The van der Waals surface area contributed by atoms with Crippen LogP contribution >= 0.6 is 23.2 Å². The average Bonchev–Trinajstić information content (AvgIpc) is 2.42. The highest BCUT2D eigenvalue weighted by molar-refractivity contribution is 6.43. The van der Waals surface area contributed by atoms with Crippen molar-refractivity contribution in [1.82, 2.24) is 9.97 Å². The summed E-state index contributed by atoms with van der Waals surface area (Å²) in [5.41, 5.74) is 1.33. The summed E-state index contributed by atoms with van der Waals surface area (Å²) in [6, 6.07) is 5.39. The van der Waals surface area contributed by atoms with Gasteiger partial charge in [0.1, 0.15) is 12.0 Å². The van der Waals surface area contributed by atoms with Gasteiger partial charge in [-0.15, -0.1) is 0 Å². The van der Waals surface area contributed by atoms with Gasteiger partial charge < -0.3 is 10.1 Å². The average molecular weight is 298 g/mol. The molecule has 0 aliphatic rings. The molecule has 2 aromatic rings. The summed E-state index contributed by atoms with van der Waals surface area (Å²) in [7, 11) is 1.57. The molecule has 0 aliphatic carbocycles. The lowest BCUT2D eigenvalue weighted by molar-refractivity contribution is 0.414. The van der Waals surface area contributed by atoms with Crippen LogP contribution in [0.25, 0.3) is 11.3 Å². The molecule has 4 nitrogen and oxygen atoms in total. The van der Waals surface area contributed by atoms with E-state index in [0.29, 0.717) is 32.9 Å². The number of hydrogen-bond acceptors (Lipinski definition) is 4. The van der Waals surface area contributed by atoms with E-state index in [1.165, 1.54) is 6.33 Å². The molecule has 0 saturated carbocycles. The van der Waals surface area contributed by atoms with Crippen molar-refractivity contribution in [3.05, 3.63) is 34.6 Å². The molecule has 0 saturated heterocycles. The van der Waals surface area contributed by atoms with Crippen LogP contribution in [0.1, 0.15) is 6.92 Å². The molecule has 100 valence electrons. The van der Waals surface area contributed by atoms with E-state index < -0.39 is 0 Å². The van der Waals surface area contributed by atoms with Gasteiger partial charge in [-0.05, 0) is 13.0 Å². The molecule has 0 aliphatic heterocycles. The standard InChI is InChI=1S/C13H13Cl2N3O/c1-3-16-13-12(19-2)11(17-7-18-13)8-5-4-6-9(14)10(8)15/h4-7H,3H2,1-2H3,(H,16,17,18). The summed E-state index contributed by atoms with van der Waals surface area (Å²) in [5.74, 6) is 1.18. The minimum Gasteiger partial charge on any atom is -0.491 e. The molecule has 19 heavy (non-hydrogen) atoms. The highest BCUT2D eigenvalue weighted by Gasteiger charge is 2.16. The zero-order valence-electron chi connectivity index (χ0n) is 10.6. The maximum atomic E-state index is 6.22. The molecule has 0 atom stereocenters. The molecule has 1 N–H and O–H groups in total. The summed E-state index contributed by atoms with van der Waals surface area (Å²) in [5, 5.41) is 4.04. The van der Waals surface area contributed by atoms with Gasteiger partial charge in [-0.25, -0.2) is 9.97 Å². The van der Waals surface area contributed by atoms with Crippen molar-refractivity contribution in [1.29, 1.82) is 0 Å². The third-order valence-electron chi connectivity index (χ3n) is 2.56. The zero-order valence-corrected chi connectivity index (χ0v) is 12.1. The van der Waals surface area contributed by atoms with E-state index in [-0.39, 0.29) is 0 Å². The van der Waals surface area contributed by atoms with E-state index in [9.17, 15) is 0 Å². The fraction of sp³-hybridized carbons (Fsp3) is 0.231. The number of rotatable bonds is 4. The number of benzene rings is 1. The van der Waals surface area contributed by atoms with E-state index in [2.05, 4.69) is 15.3 Å². The SMILES string of the molecule is CCNc1ncnc(-c2cccc(Cl)c2Cl)c1OC. The highest BCUT2D eigenvalue weighted by atomic mass is 35.5. The minimum atomic E-state index is 0.448. The van der Waals surface area contributed by atoms with Crippen LogP contribution < -0.4 is 10.1 Å². The van der Waals surface area contributed by atoms with Gasteiger partial charge in [0.05, 0.1) is 17.2 Å². The second-order valence-corrected chi connectivity index (χ2v) is 4.52. The topological polar surface area (TPSA) is 47.0 Å². The van der Waals surface area contributed by atoms with Crippen LogP contribution in [-0.2, 0) is 0 Å². The quantitative estimate of drug-likeness (QED) is 0.930. The number of aromatic nitrogens is 2. The lowest BCUT2D eigenvalue weighted by Crippen LogP contribution is -2.04. The Morgan fingerprint density at radius 3 is 2.74 bits per heavy atom. The van der Waals surface area contributed by atoms with Crippen LogP contribution in [0.15, 0.2) is 24.5 Å². The fourth-order valence-electron chi connectivity index (χ4n) is 1.74. The molecule has 6 heteroatoms. The predicted octanol–water partition coefficient (Wildman–Crippen LogP) is 3.89. The monoisotopic (exact) mass is 297 g/mol. The second-order valence-electron chi connectivity index (χ2n) is 3.74. The van der Waals surface area contributed by atoms with E-state index in [0.717, 1.165) is 6.54 Å².